The fraction of sp³-hybridized carbons (Fsp3) is 0.294. The molecule has 0 radical (unpaired) electrons. The first-order valence-electron chi connectivity index (χ1n) is 8.36. The van der Waals surface area contributed by atoms with E-state index in [1.54, 1.807) is 11.7 Å². The largest absolute Gasteiger partial charge is 0.416 e. The Balaban J connectivity index is 1.45. The number of aryl methyl sites for hydroxylation is 3. The maximum atomic E-state index is 12.8. The van der Waals surface area contributed by atoms with Crippen molar-refractivity contribution in [1.82, 2.24) is 25.0 Å². The molecule has 0 saturated heterocycles. The second kappa shape index (κ2) is 6.59. The number of rotatable bonds is 4. The van der Waals surface area contributed by atoms with Crippen molar-refractivity contribution in [2.45, 2.75) is 25.9 Å². The second-order valence-corrected chi connectivity index (χ2v) is 7.46. The van der Waals surface area contributed by atoms with Gasteiger partial charge in [-0.3, -0.25) is 9.89 Å². The van der Waals surface area contributed by atoms with Crippen LogP contribution in [0.3, 0.4) is 0 Å². The summed E-state index contributed by atoms with van der Waals surface area (Å²) < 4.78 is 40.7. The maximum absolute atomic E-state index is 12.8. The van der Waals surface area contributed by atoms with Crippen LogP contribution >= 0.6 is 11.3 Å². The minimum Gasteiger partial charge on any atom is -0.310 e. The molecule has 4 rings (SSSR count). The number of aromatic amines is 1. The van der Waals surface area contributed by atoms with Crippen molar-refractivity contribution >= 4 is 44.3 Å². The van der Waals surface area contributed by atoms with Crippen LogP contribution in [0.1, 0.15) is 22.7 Å². The lowest BCUT2D eigenvalue weighted by Gasteiger charge is -2.04. The summed E-state index contributed by atoms with van der Waals surface area (Å²) in [5.41, 5.74) is 0.939. The summed E-state index contributed by atoms with van der Waals surface area (Å²) in [6, 6.07) is 3.48. The zero-order chi connectivity index (χ0) is 20.1. The van der Waals surface area contributed by atoms with E-state index in [9.17, 15) is 18.0 Å². The average Bonchev–Trinajstić information content (AvgIpc) is 3.28. The third-order valence-electron chi connectivity index (χ3n) is 4.31. The number of alkyl halides is 3. The third kappa shape index (κ3) is 3.33. The van der Waals surface area contributed by atoms with Gasteiger partial charge in [-0.05, 0) is 25.1 Å². The molecule has 3 aromatic heterocycles. The number of amides is 1. The predicted octanol–water partition coefficient (Wildman–Crippen LogP) is 3.80. The lowest BCUT2D eigenvalue weighted by molar-refractivity contribution is -0.137. The monoisotopic (exact) mass is 408 g/mol. The van der Waals surface area contributed by atoms with Crippen molar-refractivity contribution in [2.75, 3.05) is 5.32 Å². The zero-order valence-electron chi connectivity index (χ0n) is 14.9. The van der Waals surface area contributed by atoms with Gasteiger partial charge in [0.15, 0.2) is 5.65 Å². The smallest absolute Gasteiger partial charge is 0.310 e. The highest BCUT2D eigenvalue weighted by Gasteiger charge is 2.30. The second-order valence-electron chi connectivity index (χ2n) is 6.34. The Labute approximate surface area is 160 Å². The van der Waals surface area contributed by atoms with Crippen LogP contribution in [0.15, 0.2) is 18.2 Å². The molecule has 0 aliphatic carbocycles. The van der Waals surface area contributed by atoms with Crippen LogP contribution in [-0.4, -0.2) is 30.9 Å². The summed E-state index contributed by atoms with van der Waals surface area (Å²) in [6.45, 7) is 1.82. The maximum Gasteiger partial charge on any atom is 0.416 e. The highest BCUT2D eigenvalue weighted by atomic mass is 32.1. The molecule has 0 bridgehead atoms. The molecule has 0 saturated carbocycles. The first kappa shape index (κ1) is 18.4. The van der Waals surface area contributed by atoms with Gasteiger partial charge in [0.05, 0.1) is 31.9 Å². The summed E-state index contributed by atoms with van der Waals surface area (Å²) in [5.74, 6) is 0.230. The van der Waals surface area contributed by atoms with E-state index in [1.165, 1.54) is 17.4 Å². The Hall–Kier alpha value is -2.95. The molecule has 28 heavy (non-hydrogen) atoms. The number of aromatic nitrogens is 5. The molecule has 4 aromatic rings. The van der Waals surface area contributed by atoms with E-state index < -0.39 is 11.7 Å². The van der Waals surface area contributed by atoms with E-state index in [1.807, 2.05) is 6.92 Å². The molecule has 0 aliphatic rings. The first-order valence-corrected chi connectivity index (χ1v) is 9.18. The fourth-order valence-corrected chi connectivity index (χ4v) is 3.95. The topological polar surface area (TPSA) is 88.5 Å². The standard InChI is InChI=1S/C17H15F3N6OS/c1-8-14-15(23-24-16(14)26(2)25-8)22-12(27)5-6-13-21-10-7-9(17(18,19)20)3-4-11(10)28-13/h3-4,7H,5-6H2,1-2H3,(H2,22,23,24,27). The van der Waals surface area contributed by atoms with Crippen LogP contribution < -0.4 is 5.32 Å². The summed E-state index contributed by atoms with van der Waals surface area (Å²) in [5, 5.41) is 15.3. The van der Waals surface area contributed by atoms with Gasteiger partial charge >= 0.3 is 6.18 Å². The number of hydrogen-bond acceptors (Lipinski definition) is 5. The van der Waals surface area contributed by atoms with Gasteiger partial charge in [0.2, 0.25) is 5.91 Å². The highest BCUT2D eigenvalue weighted by molar-refractivity contribution is 7.18. The van der Waals surface area contributed by atoms with Crippen molar-refractivity contribution < 1.29 is 18.0 Å². The van der Waals surface area contributed by atoms with Gasteiger partial charge in [0.25, 0.3) is 0 Å². The Morgan fingerprint density at radius 1 is 1.36 bits per heavy atom. The summed E-state index contributed by atoms with van der Waals surface area (Å²) in [7, 11) is 1.76. The Morgan fingerprint density at radius 2 is 2.14 bits per heavy atom. The molecule has 0 atom stereocenters. The quantitative estimate of drug-likeness (QED) is 0.538. The van der Waals surface area contributed by atoms with Crippen LogP contribution in [0.5, 0.6) is 0 Å². The normalized spacial score (nSPS) is 12.2. The van der Waals surface area contributed by atoms with Gasteiger partial charge in [-0.15, -0.1) is 11.3 Å². The van der Waals surface area contributed by atoms with Crippen LogP contribution in [0.4, 0.5) is 19.0 Å². The molecule has 0 spiro atoms. The number of benzene rings is 1. The molecule has 1 amide bonds. The Morgan fingerprint density at radius 3 is 2.89 bits per heavy atom. The summed E-state index contributed by atoms with van der Waals surface area (Å²) in [4.78, 5) is 16.5. The number of halogens is 3. The van der Waals surface area contributed by atoms with E-state index in [-0.39, 0.29) is 17.8 Å². The average molecular weight is 408 g/mol. The molecule has 7 nitrogen and oxygen atoms in total. The van der Waals surface area contributed by atoms with Gasteiger partial charge in [0.1, 0.15) is 5.82 Å². The molecule has 0 unspecified atom stereocenters. The zero-order valence-corrected chi connectivity index (χ0v) is 15.7. The number of H-pyrrole nitrogens is 1. The van der Waals surface area contributed by atoms with Gasteiger partial charge < -0.3 is 5.32 Å². The molecule has 146 valence electrons. The summed E-state index contributed by atoms with van der Waals surface area (Å²) >= 11 is 1.28. The van der Waals surface area contributed by atoms with Crippen molar-refractivity contribution in [3.63, 3.8) is 0 Å². The highest BCUT2D eigenvalue weighted by Crippen LogP contribution is 2.33. The Kier molecular flexibility index (Phi) is 4.33. The van der Waals surface area contributed by atoms with E-state index in [0.29, 0.717) is 27.6 Å². The van der Waals surface area contributed by atoms with E-state index in [2.05, 4.69) is 25.6 Å². The van der Waals surface area contributed by atoms with Crippen LogP contribution in [-0.2, 0) is 24.4 Å². The van der Waals surface area contributed by atoms with Gasteiger partial charge in [0, 0.05) is 19.9 Å². The van der Waals surface area contributed by atoms with Crippen molar-refractivity contribution in [2.24, 2.45) is 7.05 Å². The van der Waals surface area contributed by atoms with Crippen LogP contribution in [0.25, 0.3) is 21.3 Å². The van der Waals surface area contributed by atoms with Crippen molar-refractivity contribution in [1.29, 1.82) is 0 Å². The van der Waals surface area contributed by atoms with Gasteiger partial charge in [-0.2, -0.15) is 23.4 Å². The number of fused-ring (bicyclic) bond motifs is 2. The SMILES string of the molecule is Cc1nn(C)c2n[nH]c(NC(=O)CCc3nc4cc(C(F)(F)F)ccc4s3)c12. The van der Waals surface area contributed by atoms with E-state index in [0.717, 1.165) is 23.2 Å². The molecule has 0 fully saturated rings. The molecular formula is C17H15F3N6OS. The number of nitrogens with one attached hydrogen (secondary N) is 2. The van der Waals surface area contributed by atoms with Crippen LogP contribution in [0, 0.1) is 6.92 Å². The molecule has 1 aromatic carbocycles. The van der Waals surface area contributed by atoms with E-state index >= 15 is 0 Å². The minimum absolute atomic E-state index is 0.145. The molecule has 11 heteroatoms. The summed E-state index contributed by atoms with van der Waals surface area (Å²) in [6.07, 6.45) is -3.93. The lowest BCUT2D eigenvalue weighted by atomic mass is 10.2. The number of anilines is 1. The number of carbonyl (C=O) groups excluding carboxylic acids is 1. The third-order valence-corrected chi connectivity index (χ3v) is 5.40. The molecule has 0 aliphatic heterocycles. The van der Waals surface area contributed by atoms with Crippen molar-refractivity contribution in [3.05, 3.63) is 34.5 Å². The van der Waals surface area contributed by atoms with Crippen molar-refractivity contribution in [3.8, 4) is 0 Å². The van der Waals surface area contributed by atoms with Crippen LogP contribution in [0.2, 0.25) is 0 Å². The Bertz CT molecular complexity index is 1190. The molecule has 3 heterocycles. The lowest BCUT2D eigenvalue weighted by Crippen LogP contribution is -2.13. The predicted molar refractivity (Wildman–Crippen MR) is 99.2 cm³/mol. The number of carbonyl (C=O) groups is 1. The molecule has 2 N–H and O–H groups in total. The fourth-order valence-electron chi connectivity index (χ4n) is 3.00. The molecular weight excluding hydrogens is 393 g/mol. The first-order chi connectivity index (χ1) is 13.2. The number of thiazole rings is 1. The van der Waals surface area contributed by atoms with Gasteiger partial charge in [-0.25, -0.2) is 9.67 Å². The number of nitrogens with zero attached hydrogens (tertiary/aromatic N) is 4. The minimum atomic E-state index is -4.41. The number of hydrogen-bond donors (Lipinski definition) is 2. The van der Waals surface area contributed by atoms with Gasteiger partial charge in [-0.1, -0.05) is 0 Å². The van der Waals surface area contributed by atoms with E-state index in [4.69, 9.17) is 0 Å².